The van der Waals surface area contributed by atoms with E-state index in [4.69, 9.17) is 28.2 Å². The molecule has 0 bridgehead atoms. The van der Waals surface area contributed by atoms with Crippen molar-refractivity contribution in [3.05, 3.63) is 73.7 Å². The maximum absolute atomic E-state index is 14.0. The number of carbonyl (C=O) groups is 2. The number of halogens is 5. The lowest BCUT2D eigenvalue weighted by Crippen LogP contribution is -2.47. The molecule has 2 aliphatic rings. The van der Waals surface area contributed by atoms with E-state index in [9.17, 15) is 27.6 Å². The van der Waals surface area contributed by atoms with Crippen LogP contribution in [0.5, 0.6) is 0 Å². The number of hydrogen-bond acceptors (Lipinski definition) is 5. The second kappa shape index (κ2) is 11.2. The highest BCUT2D eigenvalue weighted by atomic mass is 35.5. The minimum absolute atomic E-state index is 0.0850. The molecule has 1 aliphatic carbocycles. The number of nitrogens with one attached hydrogen (secondary N) is 2. The summed E-state index contributed by atoms with van der Waals surface area (Å²) in [4.78, 5) is 45.6. The van der Waals surface area contributed by atoms with E-state index in [0.717, 1.165) is 12.1 Å². The van der Waals surface area contributed by atoms with Crippen molar-refractivity contribution in [2.45, 2.75) is 70.2 Å². The number of hydrogen-bond donors (Lipinski definition) is 2. The molecular formula is C28H30Cl2F3N5O3. The smallest absolute Gasteiger partial charge is 0.355 e. The predicted octanol–water partition coefficient (Wildman–Crippen LogP) is 5.24. The van der Waals surface area contributed by atoms with Crippen LogP contribution in [0.4, 0.5) is 19.1 Å². The van der Waals surface area contributed by atoms with Gasteiger partial charge in [0.25, 0.3) is 11.5 Å². The molecule has 4 rings (SSSR count). The fraction of sp³-hybridized carbons (Fsp3) is 0.429. The van der Waals surface area contributed by atoms with Gasteiger partial charge in [0.2, 0.25) is 11.9 Å². The normalized spacial score (nSPS) is 19.2. The van der Waals surface area contributed by atoms with Gasteiger partial charge < -0.3 is 15.5 Å². The van der Waals surface area contributed by atoms with Crippen molar-refractivity contribution in [3.63, 3.8) is 0 Å². The summed E-state index contributed by atoms with van der Waals surface area (Å²) in [5.74, 6) is -0.705. The molecule has 2 aromatic rings. The molecule has 0 radical (unpaired) electrons. The molecule has 1 aliphatic heterocycles. The third-order valence-electron chi connectivity index (χ3n) is 6.83. The highest BCUT2D eigenvalue weighted by molar-refractivity contribution is 6.31. The zero-order valence-electron chi connectivity index (χ0n) is 23.1. The predicted molar refractivity (Wildman–Crippen MR) is 152 cm³/mol. The first-order valence-corrected chi connectivity index (χ1v) is 13.7. The minimum atomic E-state index is -4.72. The number of fused-ring (bicyclic) bond motifs is 1. The molecule has 0 fully saturated rings. The lowest BCUT2D eigenvalue weighted by atomic mass is 9.97. The highest BCUT2D eigenvalue weighted by Gasteiger charge is 2.37. The van der Waals surface area contributed by atoms with Crippen LogP contribution in [0.2, 0.25) is 5.02 Å². The lowest BCUT2D eigenvalue weighted by Gasteiger charge is -2.36. The van der Waals surface area contributed by atoms with Gasteiger partial charge in [0.15, 0.2) is 0 Å². The van der Waals surface area contributed by atoms with Crippen LogP contribution in [0.3, 0.4) is 0 Å². The summed E-state index contributed by atoms with van der Waals surface area (Å²) < 4.78 is 41.7. The molecule has 0 saturated carbocycles. The quantitative estimate of drug-likeness (QED) is 0.461. The largest absolute Gasteiger partial charge is 0.417 e. The third kappa shape index (κ3) is 6.30. The Morgan fingerprint density at radius 1 is 1.12 bits per heavy atom. The van der Waals surface area contributed by atoms with Gasteiger partial charge in [-0.25, -0.2) is 9.55 Å². The Bertz CT molecular complexity index is 1530. The fourth-order valence-corrected chi connectivity index (χ4v) is 5.39. The topological polar surface area (TPSA) is 96.3 Å². The number of likely N-dealkylation sites (N-methyl/N-ethyl adjacent to an activating group) is 1. The Kier molecular flexibility index (Phi) is 8.35. The van der Waals surface area contributed by atoms with Crippen LogP contribution in [-0.2, 0) is 23.9 Å². The molecule has 1 unspecified atom stereocenters. The zero-order valence-corrected chi connectivity index (χ0v) is 24.6. The van der Waals surface area contributed by atoms with E-state index in [1.54, 1.807) is 19.1 Å². The Morgan fingerprint density at radius 2 is 1.80 bits per heavy atom. The van der Waals surface area contributed by atoms with Crippen LogP contribution in [0, 0.1) is 0 Å². The standard InChI is InChI=1S/C28H30Cl2F3N5O3/c1-14-10-17-21(13-37(14)24(40)16-6-8-19(29)18(11-16)28(31,32)33)35-26(36-27(2,3)4)38(25(17)41)22-9-7-15(12-20(22)30)23(39)34-5/h6-9,11,14,20H,10,12-13H2,1-5H3,(H,34,39)(H,35,36)/t14-,20?/m1/s1. The first-order valence-electron chi connectivity index (χ1n) is 12.9. The third-order valence-corrected chi connectivity index (χ3v) is 7.54. The fourth-order valence-electron chi connectivity index (χ4n) is 4.83. The van der Waals surface area contributed by atoms with Gasteiger partial charge in [0.1, 0.15) is 0 Å². The summed E-state index contributed by atoms with van der Waals surface area (Å²) in [5, 5.41) is 4.60. The number of amides is 2. The van der Waals surface area contributed by atoms with Gasteiger partial charge in [-0.3, -0.25) is 14.4 Å². The average Bonchev–Trinajstić information content (AvgIpc) is 2.87. The van der Waals surface area contributed by atoms with Crippen molar-refractivity contribution in [1.29, 1.82) is 0 Å². The van der Waals surface area contributed by atoms with E-state index in [-0.39, 0.29) is 42.4 Å². The van der Waals surface area contributed by atoms with Crippen molar-refractivity contribution in [2.24, 2.45) is 0 Å². The number of nitrogens with zero attached hydrogens (tertiary/aromatic N) is 3. The Balaban J connectivity index is 1.78. The van der Waals surface area contributed by atoms with E-state index in [1.165, 1.54) is 22.6 Å². The van der Waals surface area contributed by atoms with Crippen LogP contribution >= 0.6 is 23.2 Å². The van der Waals surface area contributed by atoms with Crippen molar-refractivity contribution in [1.82, 2.24) is 19.8 Å². The number of rotatable bonds is 4. The van der Waals surface area contributed by atoms with Gasteiger partial charge in [-0.15, -0.1) is 11.6 Å². The summed E-state index contributed by atoms with van der Waals surface area (Å²) in [5.41, 5.74) is -0.549. The molecular weight excluding hydrogens is 582 g/mol. The second-order valence-corrected chi connectivity index (χ2v) is 12.0. The van der Waals surface area contributed by atoms with E-state index < -0.39 is 39.6 Å². The van der Waals surface area contributed by atoms with E-state index in [1.807, 2.05) is 20.8 Å². The van der Waals surface area contributed by atoms with Crippen LogP contribution in [0.1, 0.15) is 61.3 Å². The maximum atomic E-state index is 14.0. The first kappa shape index (κ1) is 30.6. The molecule has 41 heavy (non-hydrogen) atoms. The van der Waals surface area contributed by atoms with Crippen LogP contribution < -0.4 is 16.2 Å². The van der Waals surface area contributed by atoms with Crippen LogP contribution in [0.25, 0.3) is 5.70 Å². The molecule has 2 heterocycles. The summed E-state index contributed by atoms with van der Waals surface area (Å²) >= 11 is 12.4. The Morgan fingerprint density at radius 3 is 2.39 bits per heavy atom. The number of benzene rings is 1. The summed E-state index contributed by atoms with van der Waals surface area (Å²) in [6.07, 6.45) is -1.16. The monoisotopic (exact) mass is 611 g/mol. The van der Waals surface area contributed by atoms with Gasteiger partial charge >= 0.3 is 6.18 Å². The molecule has 2 N–H and O–H groups in total. The van der Waals surface area contributed by atoms with Crippen molar-refractivity contribution < 1.29 is 22.8 Å². The summed E-state index contributed by atoms with van der Waals surface area (Å²) in [6, 6.07) is 2.52. The number of carbonyl (C=O) groups excluding carboxylic acids is 2. The molecule has 1 aromatic heterocycles. The average molecular weight is 612 g/mol. The van der Waals surface area contributed by atoms with Crippen molar-refractivity contribution >= 4 is 46.7 Å². The number of aromatic nitrogens is 2. The highest BCUT2D eigenvalue weighted by Crippen LogP contribution is 2.36. The molecule has 13 heteroatoms. The van der Waals surface area contributed by atoms with Crippen molar-refractivity contribution in [2.75, 3.05) is 12.4 Å². The zero-order chi connectivity index (χ0) is 30.4. The van der Waals surface area contributed by atoms with Crippen LogP contribution in [0.15, 0.2) is 40.7 Å². The minimum Gasteiger partial charge on any atom is -0.355 e. The first-order chi connectivity index (χ1) is 19.0. The molecule has 8 nitrogen and oxygen atoms in total. The second-order valence-electron chi connectivity index (χ2n) is 11.1. The molecule has 2 atom stereocenters. The number of anilines is 1. The van der Waals surface area contributed by atoms with Gasteiger partial charge in [-0.05, 0) is 64.8 Å². The van der Waals surface area contributed by atoms with Crippen molar-refractivity contribution in [3.8, 4) is 0 Å². The summed E-state index contributed by atoms with van der Waals surface area (Å²) in [7, 11) is 1.52. The molecule has 0 saturated heterocycles. The van der Waals surface area contributed by atoms with Gasteiger partial charge in [0.05, 0.1) is 28.2 Å². The molecule has 2 amide bonds. The number of allylic oxidation sites excluding steroid dienone is 3. The Hall–Kier alpha value is -3.31. The molecule has 0 spiro atoms. The lowest BCUT2D eigenvalue weighted by molar-refractivity contribution is -0.137. The number of alkyl halides is 4. The SMILES string of the molecule is CNC(=O)C1=CC=C(n2c(NC(C)(C)C)nc3c(c2=O)C[C@@H](C)N(C(=O)c2ccc(Cl)c(C(F)(F)F)c2)C3)C(Cl)C1. The maximum Gasteiger partial charge on any atom is 0.417 e. The molecule has 220 valence electrons. The Labute approximate surface area is 245 Å². The van der Waals surface area contributed by atoms with E-state index in [2.05, 4.69) is 10.6 Å². The van der Waals surface area contributed by atoms with Gasteiger partial charge in [0, 0.05) is 41.0 Å². The van der Waals surface area contributed by atoms with Gasteiger partial charge in [-0.1, -0.05) is 17.7 Å². The summed E-state index contributed by atoms with van der Waals surface area (Å²) in [6.45, 7) is 7.29. The van der Waals surface area contributed by atoms with Crippen LogP contribution in [-0.4, -0.2) is 50.3 Å². The van der Waals surface area contributed by atoms with E-state index >= 15 is 0 Å². The van der Waals surface area contributed by atoms with Gasteiger partial charge in [-0.2, -0.15) is 13.2 Å². The van der Waals surface area contributed by atoms with E-state index in [0.29, 0.717) is 22.5 Å². The molecule has 1 aromatic carbocycles.